The molecule has 0 amide bonds. The van der Waals surface area contributed by atoms with Gasteiger partial charge in [-0.15, -0.1) is 0 Å². The molecule has 0 aromatic heterocycles. The van der Waals surface area contributed by atoms with Gasteiger partial charge in [-0.25, -0.2) is 4.39 Å². The van der Waals surface area contributed by atoms with Crippen molar-refractivity contribution in [1.82, 2.24) is 0 Å². The highest BCUT2D eigenvalue weighted by molar-refractivity contribution is 5.49. The van der Waals surface area contributed by atoms with Gasteiger partial charge in [-0.05, 0) is 43.2 Å². The van der Waals surface area contributed by atoms with Crippen LogP contribution < -0.4 is 10.1 Å². The Morgan fingerprint density at radius 1 is 1.15 bits per heavy atom. The Morgan fingerprint density at radius 3 is 2.60 bits per heavy atom. The van der Waals surface area contributed by atoms with Gasteiger partial charge in [-0.3, -0.25) is 0 Å². The van der Waals surface area contributed by atoms with E-state index in [-0.39, 0.29) is 11.9 Å². The van der Waals surface area contributed by atoms with Crippen LogP contribution in [0.1, 0.15) is 31.9 Å². The average molecular weight is 273 g/mol. The lowest BCUT2D eigenvalue weighted by Crippen LogP contribution is -2.06. The number of hydrogen-bond donors (Lipinski definition) is 1. The van der Waals surface area contributed by atoms with E-state index in [1.54, 1.807) is 12.1 Å². The van der Waals surface area contributed by atoms with Crippen LogP contribution >= 0.6 is 0 Å². The molecule has 106 valence electrons. The van der Waals surface area contributed by atoms with E-state index in [1.165, 1.54) is 12.1 Å². The average Bonchev–Trinajstić information content (AvgIpc) is 2.46. The van der Waals surface area contributed by atoms with Gasteiger partial charge in [0.15, 0.2) is 0 Å². The molecule has 1 unspecified atom stereocenters. The van der Waals surface area contributed by atoms with Gasteiger partial charge in [-0.2, -0.15) is 0 Å². The lowest BCUT2D eigenvalue weighted by atomic mass is 10.1. The molecule has 0 aliphatic rings. The molecule has 2 aromatic carbocycles. The van der Waals surface area contributed by atoms with Crippen LogP contribution in [0.2, 0.25) is 0 Å². The van der Waals surface area contributed by atoms with Gasteiger partial charge in [0.05, 0.1) is 6.61 Å². The highest BCUT2D eigenvalue weighted by Crippen LogP contribution is 2.23. The molecule has 1 atom stereocenters. The van der Waals surface area contributed by atoms with Crippen molar-refractivity contribution in [3.8, 4) is 5.75 Å². The molecule has 0 aliphatic carbocycles. The fraction of sp³-hybridized carbons (Fsp3) is 0.294. The van der Waals surface area contributed by atoms with E-state index in [4.69, 9.17) is 4.74 Å². The summed E-state index contributed by atoms with van der Waals surface area (Å²) in [5.41, 5.74) is 2.04. The molecule has 3 heteroatoms. The van der Waals surface area contributed by atoms with Crippen molar-refractivity contribution in [2.24, 2.45) is 0 Å². The van der Waals surface area contributed by atoms with Gasteiger partial charge >= 0.3 is 0 Å². The topological polar surface area (TPSA) is 21.3 Å². The highest BCUT2D eigenvalue weighted by atomic mass is 19.1. The van der Waals surface area contributed by atoms with Crippen LogP contribution in [0.25, 0.3) is 0 Å². The van der Waals surface area contributed by atoms with E-state index in [0.29, 0.717) is 0 Å². The highest BCUT2D eigenvalue weighted by Gasteiger charge is 2.06. The molecule has 1 N–H and O–H groups in total. The summed E-state index contributed by atoms with van der Waals surface area (Å²) in [6.45, 7) is 4.85. The van der Waals surface area contributed by atoms with E-state index in [1.807, 2.05) is 31.2 Å². The summed E-state index contributed by atoms with van der Waals surface area (Å²) in [6, 6.07) is 14.6. The van der Waals surface area contributed by atoms with Crippen molar-refractivity contribution in [2.45, 2.75) is 26.3 Å². The Bertz CT molecular complexity index is 539. The Balaban J connectivity index is 2.03. The molecule has 0 saturated heterocycles. The third kappa shape index (κ3) is 3.98. The first-order chi connectivity index (χ1) is 9.69. The molecule has 0 radical (unpaired) electrons. The van der Waals surface area contributed by atoms with E-state index >= 15 is 0 Å². The number of halogens is 1. The van der Waals surface area contributed by atoms with Gasteiger partial charge in [0.2, 0.25) is 0 Å². The standard InChI is InChI=1S/C17H20FNO/c1-3-11-20-17-6-4-5-16(12-17)19-13(2)14-7-9-15(18)10-8-14/h4-10,12-13,19H,3,11H2,1-2H3. The Hall–Kier alpha value is -2.03. The van der Waals surface area contributed by atoms with E-state index in [2.05, 4.69) is 12.2 Å². The third-order valence-electron chi connectivity index (χ3n) is 3.06. The fourth-order valence-electron chi connectivity index (χ4n) is 1.98. The van der Waals surface area contributed by atoms with Gasteiger partial charge in [0, 0.05) is 17.8 Å². The summed E-state index contributed by atoms with van der Waals surface area (Å²) in [5.74, 6) is 0.652. The molecule has 0 bridgehead atoms. The molecule has 2 aromatic rings. The van der Waals surface area contributed by atoms with Crippen LogP contribution in [0.15, 0.2) is 48.5 Å². The Morgan fingerprint density at radius 2 is 1.90 bits per heavy atom. The third-order valence-corrected chi connectivity index (χ3v) is 3.06. The van der Waals surface area contributed by atoms with Crippen LogP contribution in [0.3, 0.4) is 0 Å². The minimum absolute atomic E-state index is 0.108. The molecule has 0 saturated carbocycles. The van der Waals surface area contributed by atoms with Crippen molar-refractivity contribution < 1.29 is 9.13 Å². The second kappa shape index (κ2) is 6.94. The first-order valence-electron chi connectivity index (χ1n) is 6.94. The number of nitrogens with one attached hydrogen (secondary N) is 1. The summed E-state index contributed by atoms with van der Waals surface area (Å²) >= 11 is 0. The van der Waals surface area contributed by atoms with Crippen molar-refractivity contribution >= 4 is 5.69 Å². The molecule has 0 fully saturated rings. The first-order valence-corrected chi connectivity index (χ1v) is 6.94. The van der Waals surface area contributed by atoms with Crippen molar-refractivity contribution in [2.75, 3.05) is 11.9 Å². The maximum absolute atomic E-state index is 12.9. The molecule has 0 spiro atoms. The molecule has 0 heterocycles. The van der Waals surface area contributed by atoms with E-state index in [9.17, 15) is 4.39 Å². The second-order valence-electron chi connectivity index (χ2n) is 4.79. The summed E-state index contributed by atoms with van der Waals surface area (Å²) < 4.78 is 18.5. The van der Waals surface area contributed by atoms with Crippen molar-refractivity contribution in [3.05, 3.63) is 59.9 Å². The van der Waals surface area contributed by atoms with Gasteiger partial charge in [-0.1, -0.05) is 25.1 Å². The van der Waals surface area contributed by atoms with Crippen LogP contribution in [0.4, 0.5) is 10.1 Å². The number of benzene rings is 2. The number of rotatable bonds is 6. The number of hydrogen-bond acceptors (Lipinski definition) is 2. The second-order valence-corrected chi connectivity index (χ2v) is 4.79. The van der Waals surface area contributed by atoms with Crippen LogP contribution in [0.5, 0.6) is 5.75 Å². The summed E-state index contributed by atoms with van der Waals surface area (Å²) in [6.07, 6.45) is 0.990. The Labute approximate surface area is 119 Å². The molecule has 2 rings (SSSR count). The quantitative estimate of drug-likeness (QED) is 0.817. The molecule has 20 heavy (non-hydrogen) atoms. The SMILES string of the molecule is CCCOc1cccc(NC(C)c2ccc(F)cc2)c1. The fourth-order valence-corrected chi connectivity index (χ4v) is 1.98. The van der Waals surface area contributed by atoms with Gasteiger partial charge < -0.3 is 10.1 Å². The summed E-state index contributed by atoms with van der Waals surface area (Å²) in [5, 5.41) is 3.39. The normalized spacial score (nSPS) is 11.9. The molecule has 0 aliphatic heterocycles. The first kappa shape index (κ1) is 14.4. The van der Waals surface area contributed by atoms with Crippen LogP contribution in [0, 0.1) is 5.82 Å². The Kier molecular flexibility index (Phi) is 4.99. The van der Waals surface area contributed by atoms with E-state index in [0.717, 1.165) is 30.0 Å². The lowest BCUT2D eigenvalue weighted by molar-refractivity contribution is 0.317. The summed E-state index contributed by atoms with van der Waals surface area (Å²) in [7, 11) is 0. The van der Waals surface area contributed by atoms with Gasteiger partial charge in [0.1, 0.15) is 11.6 Å². The number of ether oxygens (including phenoxy) is 1. The maximum atomic E-state index is 12.9. The zero-order chi connectivity index (χ0) is 14.4. The predicted octanol–water partition coefficient (Wildman–Crippen LogP) is 4.79. The van der Waals surface area contributed by atoms with Crippen LogP contribution in [-0.2, 0) is 0 Å². The van der Waals surface area contributed by atoms with Crippen molar-refractivity contribution in [1.29, 1.82) is 0 Å². The monoisotopic (exact) mass is 273 g/mol. The predicted molar refractivity (Wildman–Crippen MR) is 80.7 cm³/mol. The lowest BCUT2D eigenvalue weighted by Gasteiger charge is -2.16. The van der Waals surface area contributed by atoms with Gasteiger partial charge in [0.25, 0.3) is 0 Å². The largest absolute Gasteiger partial charge is 0.494 e. The zero-order valence-electron chi connectivity index (χ0n) is 11.9. The molecular weight excluding hydrogens is 253 g/mol. The van der Waals surface area contributed by atoms with Crippen molar-refractivity contribution in [3.63, 3.8) is 0 Å². The molecule has 2 nitrogen and oxygen atoms in total. The van der Waals surface area contributed by atoms with Crippen LogP contribution in [-0.4, -0.2) is 6.61 Å². The minimum atomic E-state index is -0.212. The van der Waals surface area contributed by atoms with E-state index < -0.39 is 0 Å². The number of anilines is 1. The maximum Gasteiger partial charge on any atom is 0.123 e. The zero-order valence-corrected chi connectivity index (χ0v) is 11.9. The molecular formula is C17H20FNO. The summed E-state index contributed by atoms with van der Waals surface area (Å²) in [4.78, 5) is 0. The minimum Gasteiger partial charge on any atom is -0.494 e. The smallest absolute Gasteiger partial charge is 0.123 e.